The van der Waals surface area contributed by atoms with Gasteiger partial charge in [-0.25, -0.2) is 14.6 Å². The van der Waals surface area contributed by atoms with E-state index in [2.05, 4.69) is 15.3 Å². The summed E-state index contributed by atoms with van der Waals surface area (Å²) in [6.45, 7) is 4.98. The van der Waals surface area contributed by atoms with Crippen molar-refractivity contribution in [2.75, 3.05) is 7.05 Å². The van der Waals surface area contributed by atoms with E-state index in [0.717, 1.165) is 5.56 Å². The van der Waals surface area contributed by atoms with Gasteiger partial charge in [0.2, 0.25) is 0 Å². The van der Waals surface area contributed by atoms with Crippen molar-refractivity contribution in [2.24, 2.45) is 5.92 Å². The Kier molecular flexibility index (Phi) is 7.69. The average molecular weight is 522 g/mol. The molecule has 4 rings (SSSR count). The van der Waals surface area contributed by atoms with Crippen LogP contribution in [-0.4, -0.2) is 69.9 Å². The summed E-state index contributed by atoms with van der Waals surface area (Å²) in [5.41, 5.74) is 0.970. The number of rotatable bonds is 10. The number of nitrogens with one attached hydrogen (secondary N) is 1. The third-order valence-corrected chi connectivity index (χ3v) is 8.30. The van der Waals surface area contributed by atoms with Crippen LogP contribution >= 0.6 is 0 Å². The number of quaternary nitrogens is 1. The number of benzene rings is 1. The third kappa shape index (κ3) is 4.82. The molecule has 1 aromatic heterocycles. The van der Waals surface area contributed by atoms with Crippen LogP contribution in [-0.2, 0) is 30.1 Å². The van der Waals surface area contributed by atoms with E-state index in [4.69, 9.17) is 9.31 Å². The number of carbonyl (C=O) groups excluding carboxylic acids is 4. The molecule has 2 aromatic rings. The Hall–Kier alpha value is -3.60. The summed E-state index contributed by atoms with van der Waals surface area (Å²) in [4.78, 5) is 60.6. The number of Topliss-reactive ketones (excluding diaryl/α,β-unsaturated/α-hetero) is 1. The van der Waals surface area contributed by atoms with Crippen molar-refractivity contribution >= 4 is 30.3 Å². The van der Waals surface area contributed by atoms with Gasteiger partial charge in [0, 0.05) is 19.4 Å². The number of amides is 1. The Labute approximate surface area is 222 Å². The fourth-order valence-electron chi connectivity index (χ4n) is 5.99. The molecule has 38 heavy (non-hydrogen) atoms. The van der Waals surface area contributed by atoms with Gasteiger partial charge in [-0.15, -0.1) is 0 Å². The lowest BCUT2D eigenvalue weighted by Gasteiger charge is -2.49. The Morgan fingerprint density at radius 1 is 1.05 bits per heavy atom. The maximum atomic E-state index is 14.0. The molecule has 202 valence electrons. The van der Waals surface area contributed by atoms with Crippen molar-refractivity contribution in [1.29, 1.82) is 0 Å². The van der Waals surface area contributed by atoms with Gasteiger partial charge < -0.3 is 19.0 Å². The molecular formula is C27H35BN4O6. The highest BCUT2D eigenvalue weighted by Crippen LogP contribution is 2.50. The topological polar surface area (TPSA) is 125 Å². The minimum atomic E-state index is -2.50. The molecule has 0 bridgehead atoms. The molecule has 4 atom stereocenters. The SMILES string of the molecule is CC(C)C[C@H](CC(=O)[C@H](Cc1ccccc1)NC(=O)c1cnccn1)[B-]12OC(=O)[C@H](C)[N+]1(C)[C@@H](C)C(=O)O2. The second-order valence-corrected chi connectivity index (χ2v) is 11.0. The number of likely N-dealkylation sites (N-methyl/N-ethyl adjacent to an activating group) is 1. The van der Waals surface area contributed by atoms with Crippen molar-refractivity contribution in [3.63, 3.8) is 0 Å². The quantitative estimate of drug-likeness (QED) is 0.472. The van der Waals surface area contributed by atoms with E-state index >= 15 is 0 Å². The molecule has 0 radical (unpaired) electrons. The zero-order chi connectivity index (χ0) is 27.7. The van der Waals surface area contributed by atoms with Crippen molar-refractivity contribution in [3.8, 4) is 0 Å². The van der Waals surface area contributed by atoms with Gasteiger partial charge >= 0.3 is 18.6 Å². The van der Waals surface area contributed by atoms with Crippen LogP contribution in [0.2, 0.25) is 5.82 Å². The van der Waals surface area contributed by atoms with E-state index in [1.54, 1.807) is 20.9 Å². The van der Waals surface area contributed by atoms with E-state index < -0.39 is 48.5 Å². The molecule has 1 aromatic carbocycles. The lowest BCUT2D eigenvalue weighted by Crippen LogP contribution is -2.68. The first-order valence-electron chi connectivity index (χ1n) is 13.1. The molecule has 0 aliphatic carbocycles. The van der Waals surface area contributed by atoms with Gasteiger partial charge in [-0.05, 0) is 44.0 Å². The summed E-state index contributed by atoms with van der Waals surface area (Å²) in [7, 11) is 1.81. The highest BCUT2D eigenvalue weighted by molar-refractivity contribution is 6.68. The van der Waals surface area contributed by atoms with E-state index in [1.165, 1.54) is 18.6 Å². The van der Waals surface area contributed by atoms with Crippen LogP contribution in [0.4, 0.5) is 0 Å². The standard InChI is InChI=1S/C27H35BN4O6/c1-17(2)13-21(28-32(5,18(3)26(35)37-28)19(4)27(36)38-28)15-24(33)22(14-20-9-7-6-8-10-20)31-25(34)23-16-29-11-12-30-23/h6-12,16-19,21-22H,13-15H2,1-5H3,(H,31,34)/t18-,19-,21+,22-,28?,32?/m0/s1. The molecule has 0 saturated carbocycles. The number of hydrogen-bond acceptors (Lipinski definition) is 8. The van der Waals surface area contributed by atoms with Crippen molar-refractivity contribution < 1.29 is 32.9 Å². The van der Waals surface area contributed by atoms with E-state index in [9.17, 15) is 19.2 Å². The lowest BCUT2D eigenvalue weighted by atomic mass is 9.51. The number of carbonyl (C=O) groups is 4. The molecule has 2 aliphatic heterocycles. The molecule has 3 heterocycles. The number of nitrogens with zero attached hydrogens (tertiary/aromatic N) is 3. The minimum absolute atomic E-state index is 0.0162. The first-order chi connectivity index (χ1) is 18.0. The van der Waals surface area contributed by atoms with Crippen molar-refractivity contribution in [3.05, 3.63) is 60.2 Å². The first kappa shape index (κ1) is 27.4. The van der Waals surface area contributed by atoms with Crippen LogP contribution in [0.1, 0.15) is 56.6 Å². The van der Waals surface area contributed by atoms with Crippen LogP contribution in [0.3, 0.4) is 0 Å². The molecule has 2 aliphatic rings. The highest BCUT2D eigenvalue weighted by atomic mass is 16.7. The Morgan fingerprint density at radius 3 is 2.24 bits per heavy atom. The second-order valence-electron chi connectivity index (χ2n) is 11.0. The van der Waals surface area contributed by atoms with Gasteiger partial charge in [-0.3, -0.25) is 14.6 Å². The molecule has 11 heteroatoms. The molecular weight excluding hydrogens is 487 g/mol. The predicted molar refractivity (Wildman–Crippen MR) is 139 cm³/mol. The molecule has 1 N–H and O–H groups in total. The highest BCUT2D eigenvalue weighted by Gasteiger charge is 2.74. The van der Waals surface area contributed by atoms with Gasteiger partial charge in [0.1, 0.15) is 17.8 Å². The number of ketones is 1. The monoisotopic (exact) mass is 522 g/mol. The van der Waals surface area contributed by atoms with Crippen LogP contribution in [0.15, 0.2) is 48.9 Å². The van der Waals surface area contributed by atoms with Crippen molar-refractivity contribution in [2.45, 2.75) is 70.9 Å². The number of aromatic nitrogens is 2. The molecule has 2 saturated heterocycles. The fraction of sp³-hybridized carbons (Fsp3) is 0.481. The van der Waals surface area contributed by atoms with Crippen LogP contribution in [0, 0.1) is 5.92 Å². The minimum Gasteiger partial charge on any atom is -0.600 e. The number of fused-ring (bicyclic) bond motifs is 1. The largest absolute Gasteiger partial charge is 0.600 e. The normalized spacial score (nSPS) is 27.8. The van der Waals surface area contributed by atoms with E-state index in [0.29, 0.717) is 6.42 Å². The summed E-state index contributed by atoms with van der Waals surface area (Å²) in [5, 5.41) is 2.83. The summed E-state index contributed by atoms with van der Waals surface area (Å²) in [6, 6.07) is 7.28. The zero-order valence-corrected chi connectivity index (χ0v) is 22.5. The first-order valence-corrected chi connectivity index (χ1v) is 13.1. The summed E-state index contributed by atoms with van der Waals surface area (Å²) in [6.07, 6.45) is 4.93. The molecule has 0 spiro atoms. The van der Waals surface area contributed by atoms with Gasteiger partial charge in [0.25, 0.3) is 5.91 Å². The summed E-state index contributed by atoms with van der Waals surface area (Å²) < 4.78 is 11.9. The van der Waals surface area contributed by atoms with E-state index in [-0.39, 0.29) is 34.6 Å². The predicted octanol–water partition coefficient (Wildman–Crippen LogP) is 2.47. The third-order valence-electron chi connectivity index (χ3n) is 8.30. The Morgan fingerprint density at radius 2 is 1.68 bits per heavy atom. The van der Waals surface area contributed by atoms with Crippen LogP contribution < -0.4 is 5.32 Å². The van der Waals surface area contributed by atoms with Gasteiger partial charge in [-0.2, -0.15) is 0 Å². The maximum absolute atomic E-state index is 14.0. The fourth-order valence-corrected chi connectivity index (χ4v) is 5.99. The van der Waals surface area contributed by atoms with Gasteiger partial charge in [0.05, 0.1) is 12.2 Å². The molecule has 2 fully saturated rings. The van der Waals surface area contributed by atoms with Gasteiger partial charge in [-0.1, -0.05) is 50.6 Å². The smallest absolute Gasteiger partial charge is 0.587 e. The van der Waals surface area contributed by atoms with E-state index in [1.807, 2.05) is 44.2 Å². The molecule has 10 nitrogen and oxygen atoms in total. The van der Waals surface area contributed by atoms with Gasteiger partial charge in [0.15, 0.2) is 5.78 Å². The Bertz CT molecular complexity index is 1180. The molecule has 0 unspecified atom stereocenters. The van der Waals surface area contributed by atoms with Crippen molar-refractivity contribution in [1.82, 2.24) is 15.3 Å². The lowest BCUT2D eigenvalue weighted by molar-refractivity contribution is -0.840. The zero-order valence-electron chi connectivity index (χ0n) is 22.5. The summed E-state index contributed by atoms with van der Waals surface area (Å²) in [5.74, 6) is -2.06. The molecule has 1 amide bonds. The van der Waals surface area contributed by atoms with Crippen LogP contribution in [0.5, 0.6) is 0 Å². The summed E-state index contributed by atoms with van der Waals surface area (Å²) >= 11 is 0. The maximum Gasteiger partial charge on any atom is 0.587 e. The second kappa shape index (κ2) is 10.6. The number of hydrogen-bond donors (Lipinski definition) is 1. The Balaban J connectivity index is 1.67. The van der Waals surface area contributed by atoms with Crippen LogP contribution in [0.25, 0.3) is 0 Å². The average Bonchev–Trinajstić information content (AvgIpc) is 3.21.